The van der Waals surface area contributed by atoms with Crippen LogP contribution in [0.5, 0.6) is 0 Å². The second kappa shape index (κ2) is 4.99. The predicted molar refractivity (Wildman–Crippen MR) is 67.3 cm³/mol. The molecule has 2 rings (SSSR count). The van der Waals surface area contributed by atoms with Gasteiger partial charge in [0.15, 0.2) is 9.84 Å². The van der Waals surface area contributed by atoms with E-state index in [1.165, 1.54) is 18.2 Å². The molecule has 0 atom stereocenters. The van der Waals surface area contributed by atoms with Crippen LogP contribution in [0.2, 0.25) is 0 Å². The van der Waals surface area contributed by atoms with Crippen molar-refractivity contribution >= 4 is 31.7 Å². The van der Waals surface area contributed by atoms with Crippen molar-refractivity contribution in [1.82, 2.24) is 0 Å². The summed E-state index contributed by atoms with van der Waals surface area (Å²) in [5.41, 5.74) is 0.554. The van der Waals surface area contributed by atoms with Crippen LogP contribution in [0.25, 0.3) is 0 Å². The lowest BCUT2D eigenvalue weighted by Crippen LogP contribution is -2.40. The normalized spacial score (nSPS) is 16.3. The van der Waals surface area contributed by atoms with E-state index in [1.54, 1.807) is 0 Å². The molecule has 98 valence electrons. The van der Waals surface area contributed by atoms with Gasteiger partial charge < -0.3 is 9.84 Å². The molecule has 0 saturated carbocycles. The summed E-state index contributed by atoms with van der Waals surface area (Å²) in [6.45, 7) is 0.428. The highest BCUT2D eigenvalue weighted by atomic mass is 79.9. The van der Waals surface area contributed by atoms with Gasteiger partial charge in [0.05, 0.1) is 24.5 Å². The molecule has 0 spiro atoms. The fourth-order valence-electron chi connectivity index (χ4n) is 1.63. The van der Waals surface area contributed by atoms with Crippen LogP contribution in [0, 0.1) is 0 Å². The summed E-state index contributed by atoms with van der Waals surface area (Å²) in [5.74, 6) is -0.954. The van der Waals surface area contributed by atoms with E-state index in [9.17, 15) is 13.2 Å². The topological polar surface area (TPSA) is 80.7 Å². The lowest BCUT2D eigenvalue weighted by atomic mass is 10.2. The van der Waals surface area contributed by atoms with Gasteiger partial charge in [0.2, 0.25) is 0 Å². The summed E-state index contributed by atoms with van der Waals surface area (Å²) in [7, 11) is -3.40. The second-order valence-electron chi connectivity index (χ2n) is 4.04. The third kappa shape index (κ3) is 2.57. The summed E-state index contributed by atoms with van der Waals surface area (Å²) >= 11 is 3.18. The van der Waals surface area contributed by atoms with Gasteiger partial charge in [-0.1, -0.05) is 6.07 Å². The van der Waals surface area contributed by atoms with E-state index in [0.717, 1.165) is 0 Å². The molecule has 1 aliphatic rings. The first kappa shape index (κ1) is 13.5. The van der Waals surface area contributed by atoms with Gasteiger partial charge in [-0.05, 0) is 33.6 Å². The molecule has 0 aliphatic carbocycles. The van der Waals surface area contributed by atoms with Gasteiger partial charge in [0.1, 0.15) is 5.25 Å². The van der Waals surface area contributed by atoms with E-state index in [0.29, 0.717) is 10.0 Å². The zero-order valence-corrected chi connectivity index (χ0v) is 11.7. The van der Waals surface area contributed by atoms with Gasteiger partial charge in [-0.25, -0.2) is 8.42 Å². The zero-order chi connectivity index (χ0) is 13.3. The number of hydrogen-bond acceptors (Lipinski definition) is 4. The Balaban J connectivity index is 2.32. The van der Waals surface area contributed by atoms with Gasteiger partial charge in [-0.15, -0.1) is 0 Å². The molecule has 0 unspecified atom stereocenters. The number of halogens is 1. The van der Waals surface area contributed by atoms with Crippen LogP contribution >= 0.6 is 15.9 Å². The Morgan fingerprint density at radius 3 is 2.56 bits per heavy atom. The Hall–Kier alpha value is -0.920. The minimum Gasteiger partial charge on any atom is -0.481 e. The van der Waals surface area contributed by atoms with Crippen LogP contribution < -0.4 is 0 Å². The maximum absolute atomic E-state index is 12.1. The summed E-state index contributed by atoms with van der Waals surface area (Å²) in [4.78, 5) is 10.8. The van der Waals surface area contributed by atoms with Crippen LogP contribution in [-0.4, -0.2) is 38.0 Å². The number of carbonyl (C=O) groups is 1. The second-order valence-corrected chi connectivity index (χ2v) is 7.09. The van der Waals surface area contributed by atoms with Crippen molar-refractivity contribution in [3.05, 3.63) is 28.2 Å². The van der Waals surface area contributed by atoms with Crippen molar-refractivity contribution < 1.29 is 23.1 Å². The fourth-order valence-corrected chi connectivity index (χ4v) is 4.23. The Morgan fingerprint density at radius 1 is 1.44 bits per heavy atom. The molecular formula is C11H11BrO5S. The first-order valence-corrected chi connectivity index (χ1v) is 7.57. The van der Waals surface area contributed by atoms with Gasteiger partial charge >= 0.3 is 5.97 Å². The highest BCUT2D eigenvalue weighted by Crippen LogP contribution is 2.29. The third-order valence-electron chi connectivity index (χ3n) is 2.70. The summed E-state index contributed by atoms with van der Waals surface area (Å²) in [6, 6.07) is 4.49. The molecule has 1 N–H and O–H groups in total. The fraction of sp³-hybridized carbons (Fsp3) is 0.364. The van der Waals surface area contributed by atoms with Gasteiger partial charge in [-0.3, -0.25) is 4.79 Å². The predicted octanol–water partition coefficient (Wildman–Crippen LogP) is 1.25. The van der Waals surface area contributed by atoms with Gasteiger partial charge in [0, 0.05) is 4.47 Å². The number of sulfone groups is 1. The maximum Gasteiger partial charge on any atom is 0.307 e. The van der Waals surface area contributed by atoms with Crippen molar-refractivity contribution in [2.75, 3.05) is 13.2 Å². The SMILES string of the molecule is O=C(O)Cc1ccc(S(=O)(=O)C2COC2)c(Br)c1. The monoisotopic (exact) mass is 334 g/mol. The molecule has 1 saturated heterocycles. The molecule has 1 heterocycles. The van der Waals surface area contributed by atoms with E-state index >= 15 is 0 Å². The lowest BCUT2D eigenvalue weighted by Gasteiger charge is -2.26. The molecule has 0 bridgehead atoms. The summed E-state index contributed by atoms with van der Waals surface area (Å²) < 4.78 is 29.6. The maximum atomic E-state index is 12.1. The zero-order valence-electron chi connectivity index (χ0n) is 9.30. The summed E-state index contributed by atoms with van der Waals surface area (Å²) in [6.07, 6.45) is -0.133. The highest BCUT2D eigenvalue weighted by Gasteiger charge is 2.35. The van der Waals surface area contributed by atoms with Crippen molar-refractivity contribution in [2.24, 2.45) is 0 Å². The number of benzene rings is 1. The van der Waals surface area contributed by atoms with Crippen LogP contribution in [-0.2, 0) is 25.8 Å². The number of hydrogen-bond donors (Lipinski definition) is 1. The van der Waals surface area contributed by atoms with Crippen molar-refractivity contribution in [3.8, 4) is 0 Å². The number of carboxylic acid groups (broad SMARTS) is 1. The number of aliphatic carboxylic acids is 1. The first-order valence-electron chi connectivity index (χ1n) is 5.23. The smallest absolute Gasteiger partial charge is 0.307 e. The minimum absolute atomic E-state index is 0.133. The van der Waals surface area contributed by atoms with Gasteiger partial charge in [0.25, 0.3) is 0 Å². The average Bonchev–Trinajstić information content (AvgIpc) is 2.11. The molecule has 1 aliphatic heterocycles. The van der Waals surface area contributed by atoms with E-state index in [4.69, 9.17) is 9.84 Å². The lowest BCUT2D eigenvalue weighted by molar-refractivity contribution is -0.136. The molecule has 0 amide bonds. The molecule has 7 heteroatoms. The van der Waals surface area contributed by atoms with Crippen LogP contribution in [0.15, 0.2) is 27.6 Å². The standard InChI is InChI=1S/C11H11BrO5S/c12-9-3-7(4-11(13)14)1-2-10(9)18(15,16)8-5-17-6-8/h1-3,8H,4-6H2,(H,13,14). The van der Waals surface area contributed by atoms with Crippen LogP contribution in [0.3, 0.4) is 0 Å². The number of ether oxygens (including phenoxy) is 1. The van der Waals surface area contributed by atoms with Crippen molar-refractivity contribution in [3.63, 3.8) is 0 Å². The van der Waals surface area contributed by atoms with Crippen molar-refractivity contribution in [2.45, 2.75) is 16.6 Å². The summed E-state index contributed by atoms with van der Waals surface area (Å²) in [5, 5.41) is 8.17. The third-order valence-corrected chi connectivity index (χ3v) is 5.74. The van der Waals surface area contributed by atoms with Gasteiger partial charge in [-0.2, -0.15) is 0 Å². The molecule has 0 aromatic heterocycles. The molecule has 5 nitrogen and oxygen atoms in total. The molecule has 0 radical (unpaired) electrons. The molecule has 1 aromatic carbocycles. The van der Waals surface area contributed by atoms with Crippen molar-refractivity contribution in [1.29, 1.82) is 0 Å². The average molecular weight is 335 g/mol. The Labute approximate surface area is 113 Å². The first-order chi connectivity index (χ1) is 8.41. The van der Waals surface area contributed by atoms with Crippen LogP contribution in [0.1, 0.15) is 5.56 Å². The van der Waals surface area contributed by atoms with E-state index < -0.39 is 21.1 Å². The van der Waals surface area contributed by atoms with E-state index in [-0.39, 0.29) is 24.5 Å². The Kier molecular flexibility index (Phi) is 3.74. The largest absolute Gasteiger partial charge is 0.481 e. The number of rotatable bonds is 4. The van der Waals surface area contributed by atoms with E-state index in [1.807, 2.05) is 0 Å². The Morgan fingerprint density at radius 2 is 2.11 bits per heavy atom. The molecule has 18 heavy (non-hydrogen) atoms. The Bertz CT molecular complexity index is 577. The quantitative estimate of drug-likeness (QED) is 0.896. The highest BCUT2D eigenvalue weighted by molar-refractivity contribution is 9.10. The molecular weight excluding hydrogens is 324 g/mol. The number of carboxylic acids is 1. The minimum atomic E-state index is -3.40. The van der Waals surface area contributed by atoms with E-state index in [2.05, 4.69) is 15.9 Å². The molecule has 1 aromatic rings. The molecule has 1 fully saturated rings. The van der Waals surface area contributed by atoms with Crippen LogP contribution in [0.4, 0.5) is 0 Å².